The number of carbonyl (C=O) groups excluding carboxylic acids is 1. The van der Waals surface area contributed by atoms with Crippen molar-refractivity contribution < 1.29 is 19.0 Å². The van der Waals surface area contributed by atoms with Crippen molar-refractivity contribution in [3.63, 3.8) is 0 Å². The first-order valence-corrected chi connectivity index (χ1v) is 8.24. The third kappa shape index (κ3) is 3.68. The van der Waals surface area contributed by atoms with E-state index in [2.05, 4.69) is 0 Å². The molecule has 2 aromatic carbocycles. The number of hydrogen-bond acceptors (Lipinski definition) is 4. The van der Waals surface area contributed by atoms with Gasteiger partial charge in [-0.25, -0.2) is 0 Å². The van der Waals surface area contributed by atoms with Crippen molar-refractivity contribution in [2.75, 3.05) is 21.3 Å². The summed E-state index contributed by atoms with van der Waals surface area (Å²) in [6.45, 7) is 0. The van der Waals surface area contributed by atoms with Gasteiger partial charge in [-0.15, -0.1) is 0 Å². The number of benzene rings is 2. The highest BCUT2D eigenvalue weighted by Gasteiger charge is 2.24. The van der Waals surface area contributed by atoms with E-state index in [4.69, 9.17) is 14.2 Å². The van der Waals surface area contributed by atoms with E-state index in [-0.39, 0.29) is 11.7 Å². The second-order valence-electron chi connectivity index (χ2n) is 6.08. The van der Waals surface area contributed by atoms with E-state index in [1.54, 1.807) is 27.4 Å². The third-order valence-electron chi connectivity index (χ3n) is 4.59. The van der Waals surface area contributed by atoms with Crippen LogP contribution in [0.5, 0.6) is 17.2 Å². The summed E-state index contributed by atoms with van der Waals surface area (Å²) in [5.74, 6) is 2.56. The highest BCUT2D eigenvalue weighted by atomic mass is 16.5. The van der Waals surface area contributed by atoms with Gasteiger partial charge < -0.3 is 14.2 Å². The average molecular weight is 338 g/mol. The van der Waals surface area contributed by atoms with Crippen molar-refractivity contribution in [2.45, 2.75) is 18.8 Å². The topological polar surface area (TPSA) is 44.8 Å². The molecule has 0 N–H and O–H groups in total. The highest BCUT2D eigenvalue weighted by Crippen LogP contribution is 2.40. The van der Waals surface area contributed by atoms with Crippen molar-refractivity contribution in [3.8, 4) is 17.2 Å². The molecule has 0 saturated heterocycles. The highest BCUT2D eigenvalue weighted by molar-refractivity contribution is 6.00. The second-order valence-corrected chi connectivity index (χ2v) is 6.08. The Morgan fingerprint density at radius 1 is 0.840 bits per heavy atom. The Morgan fingerprint density at radius 3 is 2.16 bits per heavy atom. The summed E-state index contributed by atoms with van der Waals surface area (Å²) >= 11 is 0. The van der Waals surface area contributed by atoms with Crippen LogP contribution in [0.2, 0.25) is 0 Å². The molecule has 25 heavy (non-hydrogen) atoms. The molecule has 0 aliphatic heterocycles. The molecule has 0 aromatic heterocycles. The molecule has 0 unspecified atom stereocenters. The first-order valence-electron chi connectivity index (χ1n) is 8.24. The first-order chi connectivity index (χ1) is 12.1. The van der Waals surface area contributed by atoms with E-state index in [9.17, 15) is 4.79 Å². The van der Waals surface area contributed by atoms with Gasteiger partial charge in [0.1, 0.15) is 17.2 Å². The number of rotatable bonds is 5. The Kier molecular flexibility index (Phi) is 5.08. The fourth-order valence-corrected chi connectivity index (χ4v) is 3.26. The third-order valence-corrected chi connectivity index (χ3v) is 4.59. The van der Waals surface area contributed by atoms with Crippen LogP contribution < -0.4 is 14.2 Å². The van der Waals surface area contributed by atoms with Crippen molar-refractivity contribution in [2.24, 2.45) is 0 Å². The Bertz CT molecular complexity index is 790. The maximum absolute atomic E-state index is 12.3. The molecule has 0 bridgehead atoms. The molecule has 1 aliphatic carbocycles. The maximum atomic E-state index is 12.3. The van der Waals surface area contributed by atoms with Crippen LogP contribution in [0.25, 0.3) is 5.57 Å². The molecule has 0 amide bonds. The van der Waals surface area contributed by atoms with Crippen LogP contribution in [0.4, 0.5) is 0 Å². The van der Waals surface area contributed by atoms with Gasteiger partial charge in [0.25, 0.3) is 0 Å². The monoisotopic (exact) mass is 338 g/mol. The Balaban J connectivity index is 1.91. The molecule has 1 aliphatic rings. The van der Waals surface area contributed by atoms with Gasteiger partial charge in [0, 0.05) is 18.1 Å². The number of methoxy groups -OCH3 is 3. The van der Waals surface area contributed by atoms with E-state index in [1.807, 2.05) is 42.5 Å². The van der Waals surface area contributed by atoms with Crippen LogP contribution in [-0.4, -0.2) is 27.1 Å². The van der Waals surface area contributed by atoms with E-state index >= 15 is 0 Å². The zero-order valence-corrected chi connectivity index (χ0v) is 14.7. The predicted molar refractivity (Wildman–Crippen MR) is 97.5 cm³/mol. The molecule has 3 rings (SSSR count). The van der Waals surface area contributed by atoms with E-state index in [1.165, 1.54) is 0 Å². The number of carbonyl (C=O) groups is 1. The molecule has 2 aromatic rings. The standard InChI is InChI=1S/C21H22O4/c1-23-18-6-4-14(5-7-18)15-10-16(12-17(22)11-15)20-9-8-19(24-2)13-21(20)25-3/h4-9,12-13,15H,10-11H2,1-3H3/t15-/m1/s1. The van der Waals surface area contributed by atoms with Gasteiger partial charge in [0.15, 0.2) is 5.78 Å². The molecular formula is C21H22O4. The van der Waals surface area contributed by atoms with Gasteiger partial charge in [-0.1, -0.05) is 12.1 Å². The number of ether oxygens (including phenoxy) is 3. The fourth-order valence-electron chi connectivity index (χ4n) is 3.26. The molecule has 0 fully saturated rings. The summed E-state index contributed by atoms with van der Waals surface area (Å²) < 4.78 is 16.0. The van der Waals surface area contributed by atoms with E-state index < -0.39 is 0 Å². The summed E-state index contributed by atoms with van der Waals surface area (Å²) in [6, 6.07) is 13.6. The minimum atomic E-state index is 0.139. The van der Waals surface area contributed by atoms with E-state index in [0.717, 1.165) is 34.6 Å². The molecule has 130 valence electrons. The lowest BCUT2D eigenvalue weighted by Gasteiger charge is -2.24. The first kappa shape index (κ1) is 17.1. The molecule has 0 radical (unpaired) electrons. The lowest BCUT2D eigenvalue weighted by atomic mass is 9.81. The van der Waals surface area contributed by atoms with Crippen LogP contribution in [0, 0.1) is 0 Å². The van der Waals surface area contributed by atoms with Gasteiger partial charge in [-0.2, -0.15) is 0 Å². The van der Waals surface area contributed by atoms with Crippen molar-refractivity contribution in [3.05, 3.63) is 59.7 Å². The Labute approximate surface area is 148 Å². The average Bonchev–Trinajstić information content (AvgIpc) is 2.67. The quantitative estimate of drug-likeness (QED) is 0.818. The number of allylic oxidation sites excluding steroid dienone is 2. The second kappa shape index (κ2) is 7.43. The van der Waals surface area contributed by atoms with Crippen LogP contribution in [0.1, 0.15) is 29.9 Å². The van der Waals surface area contributed by atoms with Crippen molar-refractivity contribution in [1.29, 1.82) is 0 Å². The lowest BCUT2D eigenvalue weighted by molar-refractivity contribution is -0.115. The van der Waals surface area contributed by atoms with Crippen molar-refractivity contribution in [1.82, 2.24) is 0 Å². The summed E-state index contributed by atoms with van der Waals surface area (Å²) in [6.07, 6.45) is 3.05. The molecule has 1 atom stereocenters. The lowest BCUT2D eigenvalue weighted by Crippen LogP contribution is -2.12. The largest absolute Gasteiger partial charge is 0.497 e. The molecule has 4 heteroatoms. The van der Waals surface area contributed by atoms with Crippen LogP contribution in [0.15, 0.2) is 48.5 Å². The minimum Gasteiger partial charge on any atom is -0.497 e. The molecule has 0 heterocycles. The van der Waals surface area contributed by atoms with Gasteiger partial charge in [-0.3, -0.25) is 4.79 Å². The summed E-state index contributed by atoms with van der Waals surface area (Å²) in [5.41, 5.74) is 3.08. The van der Waals surface area contributed by atoms with Crippen LogP contribution in [0.3, 0.4) is 0 Å². The number of ketones is 1. The predicted octanol–water partition coefficient (Wildman–Crippen LogP) is 4.24. The molecule has 0 saturated carbocycles. The zero-order valence-electron chi connectivity index (χ0n) is 14.7. The van der Waals surface area contributed by atoms with Gasteiger partial charge in [0.05, 0.1) is 21.3 Å². The smallest absolute Gasteiger partial charge is 0.156 e. The van der Waals surface area contributed by atoms with Crippen molar-refractivity contribution >= 4 is 11.4 Å². The number of hydrogen-bond donors (Lipinski definition) is 0. The normalized spacial score (nSPS) is 17.0. The van der Waals surface area contributed by atoms with E-state index in [0.29, 0.717) is 12.2 Å². The SMILES string of the molecule is COc1ccc([C@H]2CC(=O)C=C(c3ccc(OC)cc3OC)C2)cc1. The minimum absolute atomic E-state index is 0.139. The summed E-state index contributed by atoms with van der Waals surface area (Å²) in [4.78, 5) is 12.3. The van der Waals surface area contributed by atoms with Gasteiger partial charge >= 0.3 is 0 Å². The van der Waals surface area contributed by atoms with Gasteiger partial charge in [0.2, 0.25) is 0 Å². The van der Waals surface area contributed by atoms with Crippen LogP contribution in [-0.2, 0) is 4.79 Å². The Morgan fingerprint density at radius 2 is 1.52 bits per heavy atom. The Hall–Kier alpha value is -2.75. The molecule has 4 nitrogen and oxygen atoms in total. The van der Waals surface area contributed by atoms with Gasteiger partial charge in [-0.05, 0) is 53.8 Å². The van der Waals surface area contributed by atoms with Crippen LogP contribution >= 0.6 is 0 Å². The molecule has 0 spiro atoms. The maximum Gasteiger partial charge on any atom is 0.156 e. The zero-order chi connectivity index (χ0) is 17.8. The fraction of sp³-hybridized carbons (Fsp3) is 0.286. The molecular weight excluding hydrogens is 316 g/mol. The summed E-state index contributed by atoms with van der Waals surface area (Å²) in [5, 5.41) is 0. The summed E-state index contributed by atoms with van der Waals surface area (Å²) in [7, 11) is 4.90.